The van der Waals surface area contributed by atoms with E-state index in [-0.39, 0.29) is 35.9 Å². The van der Waals surface area contributed by atoms with Gasteiger partial charge in [-0.1, -0.05) is 30.3 Å². The van der Waals surface area contributed by atoms with Crippen molar-refractivity contribution in [2.45, 2.75) is 13.3 Å². The summed E-state index contributed by atoms with van der Waals surface area (Å²) in [6.45, 7) is 2.09. The first-order valence-corrected chi connectivity index (χ1v) is 10.1. The molecule has 1 N–H and O–H groups in total. The van der Waals surface area contributed by atoms with Gasteiger partial charge in [-0.2, -0.15) is 0 Å². The third-order valence-corrected chi connectivity index (χ3v) is 5.47. The van der Waals surface area contributed by atoms with Crippen LogP contribution in [0.1, 0.15) is 16.7 Å². The van der Waals surface area contributed by atoms with Gasteiger partial charge in [-0.05, 0) is 48.0 Å². The van der Waals surface area contributed by atoms with Crippen molar-refractivity contribution in [3.05, 3.63) is 69.9 Å². The molecule has 6 nitrogen and oxygen atoms in total. The molecule has 0 unspecified atom stereocenters. The van der Waals surface area contributed by atoms with Crippen molar-refractivity contribution >= 4 is 34.9 Å². The second-order valence-electron chi connectivity index (χ2n) is 6.69. The van der Waals surface area contributed by atoms with Crippen molar-refractivity contribution < 1.29 is 23.5 Å². The SMILES string of the molecule is COc1cc(CC(=O)NCCN2C(=O)S/C(=C\c3ccccc3F)C2=O)ccc1C. The number of hydrogen-bond donors (Lipinski definition) is 1. The standard InChI is InChI=1S/C22H21FN2O4S/c1-14-7-8-15(11-18(14)29-2)12-20(26)24-9-10-25-21(27)19(30-22(25)28)13-16-5-3-4-6-17(16)23/h3-8,11,13H,9-10,12H2,1-2H3,(H,24,26)/b19-13-. The van der Waals surface area contributed by atoms with E-state index in [1.165, 1.54) is 18.2 Å². The number of amides is 3. The molecule has 0 aliphatic carbocycles. The first-order valence-electron chi connectivity index (χ1n) is 9.29. The highest BCUT2D eigenvalue weighted by Gasteiger charge is 2.34. The molecule has 1 heterocycles. The maximum atomic E-state index is 13.8. The normalized spacial score (nSPS) is 15.0. The molecule has 3 rings (SSSR count). The third-order valence-electron chi connectivity index (χ3n) is 4.56. The molecule has 8 heteroatoms. The van der Waals surface area contributed by atoms with Gasteiger partial charge in [0.05, 0.1) is 18.4 Å². The first kappa shape index (κ1) is 21.6. The van der Waals surface area contributed by atoms with Crippen molar-refractivity contribution in [1.82, 2.24) is 10.2 Å². The molecule has 0 spiro atoms. The molecule has 0 aromatic heterocycles. The second-order valence-corrected chi connectivity index (χ2v) is 7.68. The lowest BCUT2D eigenvalue weighted by molar-refractivity contribution is -0.124. The number of thioether (sulfide) groups is 1. The van der Waals surface area contributed by atoms with Crippen LogP contribution < -0.4 is 10.1 Å². The van der Waals surface area contributed by atoms with E-state index in [1.54, 1.807) is 25.3 Å². The van der Waals surface area contributed by atoms with Gasteiger partial charge in [0.25, 0.3) is 11.1 Å². The summed E-state index contributed by atoms with van der Waals surface area (Å²) in [5.74, 6) is -0.482. The molecule has 1 fully saturated rings. The number of carbonyl (C=O) groups excluding carboxylic acids is 3. The lowest BCUT2D eigenvalue weighted by atomic mass is 10.1. The zero-order valence-electron chi connectivity index (χ0n) is 16.6. The van der Waals surface area contributed by atoms with Crippen LogP contribution in [-0.4, -0.2) is 42.2 Å². The predicted molar refractivity (Wildman–Crippen MR) is 114 cm³/mol. The summed E-state index contributed by atoms with van der Waals surface area (Å²) in [5.41, 5.74) is 2.02. The molecule has 1 saturated heterocycles. The van der Waals surface area contributed by atoms with Gasteiger partial charge in [0.15, 0.2) is 0 Å². The number of aryl methyl sites for hydroxylation is 1. The number of hydrogen-bond acceptors (Lipinski definition) is 5. The van der Waals surface area contributed by atoms with E-state index in [1.807, 2.05) is 19.1 Å². The molecule has 0 radical (unpaired) electrons. The molecule has 30 heavy (non-hydrogen) atoms. The molecule has 0 atom stereocenters. The molecular weight excluding hydrogens is 407 g/mol. The summed E-state index contributed by atoms with van der Waals surface area (Å²) < 4.78 is 19.0. The minimum atomic E-state index is -0.495. The van der Waals surface area contributed by atoms with Gasteiger partial charge in [0, 0.05) is 18.7 Å². The van der Waals surface area contributed by atoms with E-state index < -0.39 is 17.0 Å². The highest BCUT2D eigenvalue weighted by atomic mass is 32.2. The van der Waals surface area contributed by atoms with Crippen LogP contribution in [-0.2, 0) is 16.0 Å². The number of ether oxygens (including phenoxy) is 1. The van der Waals surface area contributed by atoms with E-state index in [9.17, 15) is 18.8 Å². The van der Waals surface area contributed by atoms with Crippen LogP contribution in [0.25, 0.3) is 6.08 Å². The van der Waals surface area contributed by atoms with Gasteiger partial charge >= 0.3 is 0 Å². The Kier molecular flexibility index (Phi) is 6.89. The summed E-state index contributed by atoms with van der Waals surface area (Å²) in [4.78, 5) is 38.0. The fourth-order valence-electron chi connectivity index (χ4n) is 2.96. The lowest BCUT2D eigenvalue weighted by Gasteiger charge is -2.13. The summed E-state index contributed by atoms with van der Waals surface area (Å²) >= 11 is 0.757. The largest absolute Gasteiger partial charge is 0.496 e. The van der Waals surface area contributed by atoms with E-state index in [2.05, 4.69) is 5.32 Å². The van der Waals surface area contributed by atoms with Gasteiger partial charge in [-0.3, -0.25) is 19.3 Å². The zero-order chi connectivity index (χ0) is 21.7. The summed E-state index contributed by atoms with van der Waals surface area (Å²) in [7, 11) is 1.57. The van der Waals surface area contributed by atoms with Crippen molar-refractivity contribution in [2.75, 3.05) is 20.2 Å². The number of methoxy groups -OCH3 is 1. The molecular formula is C22H21FN2O4S. The predicted octanol–water partition coefficient (Wildman–Crippen LogP) is 3.54. The summed E-state index contributed by atoms with van der Waals surface area (Å²) in [5, 5.41) is 2.27. The van der Waals surface area contributed by atoms with E-state index in [0.29, 0.717) is 5.75 Å². The van der Waals surface area contributed by atoms with Crippen molar-refractivity contribution in [3.63, 3.8) is 0 Å². The van der Waals surface area contributed by atoms with Crippen molar-refractivity contribution in [1.29, 1.82) is 0 Å². The molecule has 1 aliphatic rings. The fraction of sp³-hybridized carbons (Fsp3) is 0.227. The van der Waals surface area contributed by atoms with Gasteiger partial charge in [-0.15, -0.1) is 0 Å². The van der Waals surface area contributed by atoms with Crippen LogP contribution >= 0.6 is 11.8 Å². The molecule has 0 saturated carbocycles. The quantitative estimate of drug-likeness (QED) is 0.683. The molecule has 1 aliphatic heterocycles. The Hall–Kier alpha value is -3.13. The Labute approximate surface area is 178 Å². The van der Waals surface area contributed by atoms with Crippen LogP contribution in [0.2, 0.25) is 0 Å². The van der Waals surface area contributed by atoms with Crippen molar-refractivity contribution in [3.8, 4) is 5.75 Å². The first-order chi connectivity index (χ1) is 14.4. The number of imide groups is 1. The van der Waals surface area contributed by atoms with Crippen LogP contribution in [0.3, 0.4) is 0 Å². The van der Waals surface area contributed by atoms with Crippen molar-refractivity contribution in [2.24, 2.45) is 0 Å². The average Bonchev–Trinajstić information content (AvgIpc) is 2.98. The number of rotatable bonds is 7. The monoisotopic (exact) mass is 428 g/mol. The number of nitrogens with zero attached hydrogens (tertiary/aromatic N) is 1. The van der Waals surface area contributed by atoms with Crippen LogP contribution in [0.4, 0.5) is 9.18 Å². The lowest BCUT2D eigenvalue weighted by Crippen LogP contribution is -2.37. The van der Waals surface area contributed by atoms with Gasteiger partial charge in [0.2, 0.25) is 5.91 Å². The Balaban J connectivity index is 1.54. The van der Waals surface area contributed by atoms with E-state index >= 15 is 0 Å². The maximum absolute atomic E-state index is 13.8. The molecule has 2 aromatic rings. The maximum Gasteiger partial charge on any atom is 0.293 e. The smallest absolute Gasteiger partial charge is 0.293 e. The Bertz CT molecular complexity index is 1020. The molecule has 2 aromatic carbocycles. The van der Waals surface area contributed by atoms with E-state index in [4.69, 9.17) is 4.74 Å². The molecule has 156 valence electrons. The van der Waals surface area contributed by atoms with Crippen LogP contribution in [0.5, 0.6) is 5.75 Å². The highest BCUT2D eigenvalue weighted by molar-refractivity contribution is 8.18. The highest BCUT2D eigenvalue weighted by Crippen LogP contribution is 2.32. The van der Waals surface area contributed by atoms with Gasteiger partial charge < -0.3 is 10.1 Å². The Morgan fingerprint density at radius 1 is 1.23 bits per heavy atom. The van der Waals surface area contributed by atoms with E-state index in [0.717, 1.165) is 27.8 Å². The van der Waals surface area contributed by atoms with Gasteiger partial charge in [0.1, 0.15) is 11.6 Å². The fourth-order valence-corrected chi connectivity index (χ4v) is 3.81. The Morgan fingerprint density at radius 3 is 2.73 bits per heavy atom. The van der Waals surface area contributed by atoms with Gasteiger partial charge in [-0.25, -0.2) is 4.39 Å². The second kappa shape index (κ2) is 9.58. The third kappa shape index (κ3) is 5.07. The summed E-state index contributed by atoms with van der Waals surface area (Å²) in [6.07, 6.45) is 1.52. The average molecular weight is 428 g/mol. The summed E-state index contributed by atoms with van der Waals surface area (Å²) in [6, 6.07) is 11.6. The minimum absolute atomic E-state index is 0.0439. The molecule has 3 amide bonds. The number of carbonyl (C=O) groups is 3. The Morgan fingerprint density at radius 2 is 2.00 bits per heavy atom. The minimum Gasteiger partial charge on any atom is -0.496 e. The number of halogens is 1. The molecule has 0 bridgehead atoms. The number of benzene rings is 2. The van der Waals surface area contributed by atoms with Crippen LogP contribution in [0.15, 0.2) is 47.4 Å². The zero-order valence-corrected chi connectivity index (χ0v) is 17.4. The topological polar surface area (TPSA) is 75.7 Å². The number of nitrogens with one attached hydrogen (secondary N) is 1. The van der Waals surface area contributed by atoms with Crippen LogP contribution in [0, 0.1) is 12.7 Å².